The second-order valence-electron chi connectivity index (χ2n) is 4.04. The highest BCUT2D eigenvalue weighted by molar-refractivity contribution is 5.90. The van der Waals surface area contributed by atoms with Crippen LogP contribution in [-0.2, 0) is 17.5 Å². The van der Waals surface area contributed by atoms with Crippen LogP contribution in [0.25, 0.3) is 0 Å². The lowest BCUT2D eigenvalue weighted by molar-refractivity contribution is -0.140. The van der Waals surface area contributed by atoms with Crippen LogP contribution in [0.3, 0.4) is 0 Å². The van der Waals surface area contributed by atoms with E-state index < -0.39 is 23.5 Å². The van der Waals surface area contributed by atoms with Crippen molar-refractivity contribution in [3.05, 3.63) is 35.9 Å². The van der Waals surface area contributed by atoms with Crippen LogP contribution in [0.1, 0.15) is 5.56 Å². The molecule has 0 bridgehead atoms. The summed E-state index contributed by atoms with van der Waals surface area (Å²) in [7, 11) is 0. The van der Waals surface area contributed by atoms with Gasteiger partial charge in [-0.05, 0) is 18.2 Å². The molecule has 0 spiro atoms. The molecular formula is C11H9F4N5O. The van der Waals surface area contributed by atoms with Gasteiger partial charge in [-0.1, -0.05) is 0 Å². The number of alkyl halides is 3. The molecule has 0 fully saturated rings. The minimum atomic E-state index is -4.84. The van der Waals surface area contributed by atoms with E-state index in [9.17, 15) is 22.4 Å². The number of nitrogens with one attached hydrogen (secondary N) is 1. The van der Waals surface area contributed by atoms with Crippen molar-refractivity contribution in [2.45, 2.75) is 12.7 Å². The van der Waals surface area contributed by atoms with E-state index in [0.717, 1.165) is 10.7 Å². The molecule has 1 heterocycles. The van der Waals surface area contributed by atoms with Crippen LogP contribution in [0, 0.1) is 5.82 Å². The quantitative estimate of drug-likeness (QED) is 0.844. The Morgan fingerprint density at radius 1 is 1.38 bits per heavy atom. The molecule has 1 aromatic heterocycles. The van der Waals surface area contributed by atoms with Crippen molar-refractivity contribution in [2.75, 3.05) is 11.1 Å². The Morgan fingerprint density at radius 2 is 2.10 bits per heavy atom. The molecule has 3 N–H and O–H groups in total. The molecule has 10 heteroatoms. The van der Waals surface area contributed by atoms with E-state index in [1.165, 1.54) is 6.33 Å². The highest BCUT2D eigenvalue weighted by Gasteiger charge is 2.34. The van der Waals surface area contributed by atoms with Crippen LogP contribution in [0.15, 0.2) is 24.5 Å². The van der Waals surface area contributed by atoms with Gasteiger partial charge in [0.05, 0.1) is 5.56 Å². The number of rotatable bonds is 3. The maximum atomic E-state index is 13.1. The third-order valence-electron chi connectivity index (χ3n) is 2.42. The van der Waals surface area contributed by atoms with E-state index in [-0.39, 0.29) is 18.2 Å². The molecule has 6 nitrogen and oxygen atoms in total. The number of aromatic nitrogens is 3. The van der Waals surface area contributed by atoms with Gasteiger partial charge in [0.2, 0.25) is 11.9 Å². The minimum absolute atomic E-state index is 0.0380. The maximum Gasteiger partial charge on any atom is 0.419 e. The van der Waals surface area contributed by atoms with E-state index >= 15 is 0 Å². The lowest BCUT2D eigenvalue weighted by atomic mass is 10.2. The third kappa shape index (κ3) is 3.68. The van der Waals surface area contributed by atoms with Gasteiger partial charge in [0.15, 0.2) is 0 Å². The van der Waals surface area contributed by atoms with E-state index in [4.69, 9.17) is 5.73 Å². The second kappa shape index (κ2) is 5.38. The van der Waals surface area contributed by atoms with Crippen molar-refractivity contribution in [1.82, 2.24) is 14.8 Å². The van der Waals surface area contributed by atoms with Crippen molar-refractivity contribution in [1.29, 1.82) is 0 Å². The first-order chi connectivity index (χ1) is 9.75. The molecule has 0 radical (unpaired) electrons. The van der Waals surface area contributed by atoms with E-state index in [1.54, 1.807) is 0 Å². The summed E-state index contributed by atoms with van der Waals surface area (Å²) in [6, 6.07) is 2.17. The number of hydrogen-bond acceptors (Lipinski definition) is 4. The molecule has 2 aromatic rings. The highest BCUT2D eigenvalue weighted by Crippen LogP contribution is 2.32. The van der Waals surface area contributed by atoms with Crippen molar-refractivity contribution in [3.8, 4) is 0 Å². The van der Waals surface area contributed by atoms with Crippen LogP contribution in [0.4, 0.5) is 29.2 Å². The lowest BCUT2D eigenvalue weighted by Gasteiger charge is -2.11. The van der Waals surface area contributed by atoms with Crippen LogP contribution >= 0.6 is 0 Å². The predicted octanol–water partition coefficient (Wildman–Crippen LogP) is 1.66. The molecule has 0 aliphatic heterocycles. The van der Waals surface area contributed by atoms with E-state index in [2.05, 4.69) is 15.4 Å². The number of hydrogen-bond donors (Lipinski definition) is 2. The van der Waals surface area contributed by atoms with Gasteiger partial charge >= 0.3 is 6.18 Å². The molecule has 1 aromatic carbocycles. The monoisotopic (exact) mass is 303 g/mol. The van der Waals surface area contributed by atoms with Crippen molar-refractivity contribution >= 4 is 17.5 Å². The molecule has 0 saturated carbocycles. The molecule has 21 heavy (non-hydrogen) atoms. The zero-order valence-corrected chi connectivity index (χ0v) is 10.4. The van der Waals surface area contributed by atoms with Crippen LogP contribution in [0.5, 0.6) is 0 Å². The zero-order chi connectivity index (χ0) is 15.6. The molecule has 0 aliphatic rings. The van der Waals surface area contributed by atoms with Crippen LogP contribution < -0.4 is 11.1 Å². The van der Waals surface area contributed by atoms with Crippen LogP contribution in [0.2, 0.25) is 0 Å². The number of nitrogen functional groups attached to an aromatic ring is 1. The maximum absolute atomic E-state index is 13.1. The standard InChI is InChI=1S/C11H9F4N5O/c12-8-2-1-6(3-7(8)11(13,14)15)18-9(21)4-20-5-17-10(16)19-20/h1-3,5H,4H2,(H2,16,19)(H,18,21). The average Bonchev–Trinajstić information content (AvgIpc) is 2.75. The fourth-order valence-electron chi connectivity index (χ4n) is 1.55. The first kappa shape index (κ1) is 14.8. The number of benzene rings is 1. The normalized spacial score (nSPS) is 11.4. The summed E-state index contributed by atoms with van der Waals surface area (Å²) in [4.78, 5) is 15.2. The Labute approximate surface area is 115 Å². The van der Waals surface area contributed by atoms with Gasteiger partial charge in [-0.3, -0.25) is 4.79 Å². The van der Waals surface area contributed by atoms with Crippen molar-refractivity contribution in [2.24, 2.45) is 0 Å². The largest absolute Gasteiger partial charge is 0.419 e. The number of nitrogens with zero attached hydrogens (tertiary/aromatic N) is 3. The summed E-state index contributed by atoms with van der Waals surface area (Å²) in [5.41, 5.74) is 3.62. The first-order valence-corrected chi connectivity index (χ1v) is 5.57. The Bertz CT molecular complexity index is 667. The summed E-state index contributed by atoms with van der Waals surface area (Å²) in [6.07, 6.45) is -3.65. The summed E-state index contributed by atoms with van der Waals surface area (Å²) in [5, 5.41) is 5.85. The number of anilines is 2. The summed E-state index contributed by atoms with van der Waals surface area (Å²) in [6.45, 7) is -0.289. The first-order valence-electron chi connectivity index (χ1n) is 5.57. The minimum Gasteiger partial charge on any atom is -0.367 e. The Hall–Kier alpha value is -2.65. The average molecular weight is 303 g/mol. The molecule has 0 saturated heterocycles. The Kier molecular flexibility index (Phi) is 3.78. The molecule has 0 aliphatic carbocycles. The van der Waals surface area contributed by atoms with Crippen LogP contribution in [-0.4, -0.2) is 20.7 Å². The number of amides is 1. The van der Waals surface area contributed by atoms with Gasteiger partial charge in [0.25, 0.3) is 0 Å². The number of carbonyl (C=O) groups is 1. The van der Waals surface area contributed by atoms with Gasteiger partial charge in [-0.25, -0.2) is 14.1 Å². The van der Waals surface area contributed by atoms with Crippen molar-refractivity contribution < 1.29 is 22.4 Å². The van der Waals surface area contributed by atoms with E-state index in [1.807, 2.05) is 0 Å². The molecule has 1 amide bonds. The van der Waals surface area contributed by atoms with Gasteiger partial charge in [0, 0.05) is 5.69 Å². The second-order valence-corrected chi connectivity index (χ2v) is 4.04. The summed E-state index contributed by atoms with van der Waals surface area (Å²) >= 11 is 0. The smallest absolute Gasteiger partial charge is 0.367 e. The lowest BCUT2D eigenvalue weighted by Crippen LogP contribution is -2.20. The molecule has 0 atom stereocenters. The molecule has 2 rings (SSSR count). The fraction of sp³-hybridized carbons (Fsp3) is 0.182. The highest BCUT2D eigenvalue weighted by atomic mass is 19.4. The molecule has 0 unspecified atom stereocenters. The molecular weight excluding hydrogens is 294 g/mol. The molecule has 112 valence electrons. The summed E-state index contributed by atoms with van der Waals surface area (Å²) in [5.74, 6) is -2.10. The van der Waals surface area contributed by atoms with Crippen molar-refractivity contribution in [3.63, 3.8) is 0 Å². The van der Waals surface area contributed by atoms with E-state index in [0.29, 0.717) is 12.1 Å². The van der Waals surface area contributed by atoms with Gasteiger partial charge in [-0.2, -0.15) is 13.2 Å². The topological polar surface area (TPSA) is 85.8 Å². The summed E-state index contributed by atoms with van der Waals surface area (Å²) < 4.78 is 51.8. The Morgan fingerprint density at radius 3 is 2.67 bits per heavy atom. The fourth-order valence-corrected chi connectivity index (χ4v) is 1.55. The Balaban J connectivity index is 2.11. The van der Waals surface area contributed by atoms with Gasteiger partial charge < -0.3 is 11.1 Å². The van der Waals surface area contributed by atoms with Gasteiger partial charge in [-0.15, -0.1) is 5.10 Å². The number of nitrogens with two attached hydrogens (primary N) is 1. The van der Waals surface area contributed by atoms with Gasteiger partial charge in [0.1, 0.15) is 18.7 Å². The number of carbonyl (C=O) groups excluding carboxylic acids is 1. The number of halogens is 4. The SMILES string of the molecule is Nc1ncn(CC(=O)Nc2ccc(F)c(C(F)(F)F)c2)n1. The third-order valence-corrected chi connectivity index (χ3v) is 2.42. The predicted molar refractivity (Wildman–Crippen MR) is 64.5 cm³/mol. The zero-order valence-electron chi connectivity index (χ0n) is 10.4.